The van der Waals surface area contributed by atoms with Crippen LogP contribution in [0.3, 0.4) is 0 Å². The molecule has 0 amide bonds. The van der Waals surface area contributed by atoms with Gasteiger partial charge in [0, 0.05) is 0 Å². The third-order valence-corrected chi connectivity index (χ3v) is 5.41. The highest BCUT2D eigenvalue weighted by Crippen LogP contribution is 2.52. The van der Waals surface area contributed by atoms with Crippen molar-refractivity contribution in [3.8, 4) is 0 Å². The van der Waals surface area contributed by atoms with Crippen LogP contribution in [0.15, 0.2) is 0 Å². The van der Waals surface area contributed by atoms with E-state index < -0.39 is 0 Å². The van der Waals surface area contributed by atoms with E-state index in [1.165, 1.54) is 38.5 Å². The van der Waals surface area contributed by atoms with Crippen LogP contribution >= 0.6 is 0 Å². The number of hydrogen-bond donors (Lipinski definition) is 0. The minimum absolute atomic E-state index is 0.869. The van der Waals surface area contributed by atoms with E-state index in [1.807, 2.05) is 0 Å². The highest BCUT2D eigenvalue weighted by atomic mass is 14.5. The van der Waals surface area contributed by atoms with Crippen molar-refractivity contribution in [1.29, 1.82) is 0 Å². The molecule has 1 aliphatic rings. The Morgan fingerprint density at radius 2 is 1.50 bits per heavy atom. The maximum atomic E-state index is 2.52. The van der Waals surface area contributed by atoms with Crippen molar-refractivity contribution >= 4 is 0 Å². The zero-order valence-corrected chi connectivity index (χ0v) is 13.7. The Labute approximate surface area is 116 Å². The Balaban J connectivity index is 2.34. The SMILES string of the molecule is CCCC1C(C)C(CCC(C)CC(C)C)C1CC. The van der Waals surface area contributed by atoms with Gasteiger partial charge in [-0.05, 0) is 48.3 Å². The molecule has 1 fully saturated rings. The van der Waals surface area contributed by atoms with Gasteiger partial charge in [-0.25, -0.2) is 0 Å². The van der Waals surface area contributed by atoms with Crippen LogP contribution in [-0.4, -0.2) is 0 Å². The molecule has 5 unspecified atom stereocenters. The molecular weight excluding hydrogens is 216 g/mol. The summed E-state index contributed by atoms with van der Waals surface area (Å²) in [5.41, 5.74) is 0. The zero-order chi connectivity index (χ0) is 13.7. The van der Waals surface area contributed by atoms with Gasteiger partial charge in [0.05, 0.1) is 0 Å². The predicted molar refractivity (Wildman–Crippen MR) is 82.7 cm³/mol. The molecule has 1 saturated carbocycles. The summed E-state index contributed by atoms with van der Waals surface area (Å²) < 4.78 is 0. The standard InChI is InChI=1S/C18H36/c1-7-9-17-15(6)18(16(17)8-2)11-10-14(5)12-13(3)4/h13-18H,7-12H2,1-6H3. The monoisotopic (exact) mass is 252 g/mol. The van der Waals surface area contributed by atoms with E-state index in [2.05, 4.69) is 41.5 Å². The van der Waals surface area contributed by atoms with Gasteiger partial charge >= 0.3 is 0 Å². The van der Waals surface area contributed by atoms with Crippen LogP contribution < -0.4 is 0 Å². The third-order valence-electron chi connectivity index (χ3n) is 5.41. The lowest BCUT2D eigenvalue weighted by molar-refractivity contribution is -0.0277. The van der Waals surface area contributed by atoms with Gasteiger partial charge in [0.25, 0.3) is 0 Å². The summed E-state index contributed by atoms with van der Waals surface area (Å²) >= 11 is 0. The first-order valence-corrected chi connectivity index (χ1v) is 8.51. The zero-order valence-electron chi connectivity index (χ0n) is 13.7. The summed E-state index contributed by atoms with van der Waals surface area (Å²) in [4.78, 5) is 0. The minimum Gasteiger partial charge on any atom is -0.0654 e. The van der Waals surface area contributed by atoms with Crippen molar-refractivity contribution < 1.29 is 0 Å². The van der Waals surface area contributed by atoms with Crippen LogP contribution in [-0.2, 0) is 0 Å². The van der Waals surface area contributed by atoms with Crippen LogP contribution in [0.25, 0.3) is 0 Å². The first kappa shape index (κ1) is 16.1. The Kier molecular flexibility index (Phi) is 6.74. The van der Waals surface area contributed by atoms with E-state index in [1.54, 1.807) is 0 Å². The molecule has 5 atom stereocenters. The summed E-state index contributed by atoms with van der Waals surface area (Å²) in [6, 6.07) is 0. The Morgan fingerprint density at radius 1 is 0.889 bits per heavy atom. The van der Waals surface area contributed by atoms with Crippen molar-refractivity contribution in [2.45, 2.75) is 80.1 Å². The van der Waals surface area contributed by atoms with Gasteiger partial charge in [-0.2, -0.15) is 0 Å². The molecular formula is C18H36. The first-order valence-electron chi connectivity index (χ1n) is 8.51. The molecule has 0 aromatic heterocycles. The molecule has 0 bridgehead atoms. The second kappa shape index (κ2) is 7.56. The molecule has 0 aliphatic heterocycles. The summed E-state index contributed by atoms with van der Waals surface area (Å²) in [7, 11) is 0. The van der Waals surface area contributed by atoms with Crippen LogP contribution in [0.1, 0.15) is 80.1 Å². The first-order chi connectivity index (χ1) is 8.51. The van der Waals surface area contributed by atoms with Gasteiger partial charge in [0.15, 0.2) is 0 Å². The Bertz CT molecular complexity index is 218. The quantitative estimate of drug-likeness (QED) is 0.485. The average molecular weight is 252 g/mol. The third kappa shape index (κ3) is 4.00. The molecule has 0 aromatic carbocycles. The highest BCUT2D eigenvalue weighted by Gasteiger charge is 2.44. The van der Waals surface area contributed by atoms with E-state index in [9.17, 15) is 0 Å². The van der Waals surface area contributed by atoms with Gasteiger partial charge in [-0.3, -0.25) is 0 Å². The Hall–Kier alpha value is 0. The fraction of sp³-hybridized carbons (Fsp3) is 1.00. The maximum absolute atomic E-state index is 2.52. The predicted octanol–water partition coefficient (Wildman–Crippen LogP) is 6.16. The molecule has 0 radical (unpaired) electrons. The van der Waals surface area contributed by atoms with Crippen LogP contribution in [0.2, 0.25) is 0 Å². The Morgan fingerprint density at radius 3 is 2.00 bits per heavy atom. The van der Waals surface area contributed by atoms with Gasteiger partial charge in [0.2, 0.25) is 0 Å². The molecule has 0 nitrogen and oxygen atoms in total. The molecule has 18 heavy (non-hydrogen) atoms. The molecule has 108 valence electrons. The van der Waals surface area contributed by atoms with E-state index in [0.29, 0.717) is 0 Å². The summed E-state index contributed by atoms with van der Waals surface area (Å²) in [6.45, 7) is 14.4. The van der Waals surface area contributed by atoms with E-state index in [0.717, 1.165) is 35.5 Å². The number of rotatable bonds is 8. The van der Waals surface area contributed by atoms with Crippen molar-refractivity contribution in [3.05, 3.63) is 0 Å². The minimum atomic E-state index is 0.869. The van der Waals surface area contributed by atoms with E-state index in [4.69, 9.17) is 0 Å². The molecule has 0 heterocycles. The van der Waals surface area contributed by atoms with Crippen LogP contribution in [0.4, 0.5) is 0 Å². The second-order valence-electron chi connectivity index (χ2n) is 7.36. The van der Waals surface area contributed by atoms with E-state index in [-0.39, 0.29) is 0 Å². The molecule has 0 spiro atoms. The fourth-order valence-corrected chi connectivity index (χ4v) is 4.56. The summed E-state index contributed by atoms with van der Waals surface area (Å²) in [5.74, 6) is 5.94. The van der Waals surface area contributed by atoms with E-state index >= 15 is 0 Å². The number of hydrogen-bond acceptors (Lipinski definition) is 0. The normalized spacial score (nSPS) is 33.5. The molecule has 0 heteroatoms. The molecule has 1 aliphatic carbocycles. The summed E-state index contributed by atoms with van der Waals surface area (Å²) in [6.07, 6.45) is 8.63. The lowest BCUT2D eigenvalue weighted by Gasteiger charge is -2.52. The molecule has 0 saturated heterocycles. The lowest BCUT2D eigenvalue weighted by Crippen LogP contribution is -2.45. The van der Waals surface area contributed by atoms with Gasteiger partial charge in [-0.1, -0.05) is 67.2 Å². The largest absolute Gasteiger partial charge is 0.0654 e. The van der Waals surface area contributed by atoms with Crippen molar-refractivity contribution in [2.24, 2.45) is 35.5 Å². The molecule has 0 N–H and O–H groups in total. The van der Waals surface area contributed by atoms with Crippen molar-refractivity contribution in [1.82, 2.24) is 0 Å². The highest BCUT2D eigenvalue weighted by molar-refractivity contribution is 4.93. The topological polar surface area (TPSA) is 0 Å². The lowest BCUT2D eigenvalue weighted by atomic mass is 9.54. The molecule has 0 aromatic rings. The molecule has 1 rings (SSSR count). The maximum Gasteiger partial charge on any atom is -0.0355 e. The van der Waals surface area contributed by atoms with Crippen LogP contribution in [0.5, 0.6) is 0 Å². The van der Waals surface area contributed by atoms with Gasteiger partial charge in [0.1, 0.15) is 0 Å². The second-order valence-corrected chi connectivity index (χ2v) is 7.36. The van der Waals surface area contributed by atoms with Gasteiger partial charge in [-0.15, -0.1) is 0 Å². The van der Waals surface area contributed by atoms with Gasteiger partial charge < -0.3 is 0 Å². The average Bonchev–Trinajstić information content (AvgIpc) is 2.30. The van der Waals surface area contributed by atoms with Crippen molar-refractivity contribution in [2.75, 3.05) is 0 Å². The van der Waals surface area contributed by atoms with Crippen molar-refractivity contribution in [3.63, 3.8) is 0 Å². The summed E-state index contributed by atoms with van der Waals surface area (Å²) in [5, 5.41) is 0. The van der Waals surface area contributed by atoms with Crippen LogP contribution in [0, 0.1) is 35.5 Å². The smallest absolute Gasteiger partial charge is 0.0355 e. The fourth-order valence-electron chi connectivity index (χ4n) is 4.56.